The molecule has 1 heterocycles. The Kier molecular flexibility index (Phi) is 5.58. The van der Waals surface area contributed by atoms with Gasteiger partial charge in [0.05, 0.1) is 18.8 Å². The Morgan fingerprint density at radius 2 is 2.11 bits per heavy atom. The number of hydrogen-bond donors (Lipinski definition) is 2. The lowest BCUT2D eigenvalue weighted by atomic mass is 10.2. The maximum absolute atomic E-state index is 11.8. The Labute approximate surface area is 108 Å². The van der Waals surface area contributed by atoms with E-state index in [9.17, 15) is 9.59 Å². The summed E-state index contributed by atoms with van der Waals surface area (Å²) >= 11 is 0. The van der Waals surface area contributed by atoms with E-state index < -0.39 is 0 Å². The molecule has 0 bridgehead atoms. The molecule has 5 nitrogen and oxygen atoms in total. The molecule has 1 aromatic heterocycles. The van der Waals surface area contributed by atoms with Crippen molar-refractivity contribution < 1.29 is 9.59 Å². The van der Waals surface area contributed by atoms with E-state index in [-0.39, 0.29) is 24.8 Å². The van der Waals surface area contributed by atoms with Crippen LogP contribution >= 0.6 is 0 Å². The van der Waals surface area contributed by atoms with Gasteiger partial charge in [0.1, 0.15) is 0 Å². The molecule has 0 fully saturated rings. The molecular weight excluding hydrogens is 230 g/mol. The summed E-state index contributed by atoms with van der Waals surface area (Å²) in [6.45, 7) is 5.21. The summed E-state index contributed by atoms with van der Waals surface area (Å²) in [6.07, 6.45) is 1.71. The van der Waals surface area contributed by atoms with Crippen LogP contribution in [0.5, 0.6) is 0 Å². The summed E-state index contributed by atoms with van der Waals surface area (Å²) in [5, 5.41) is 2.82. The average Bonchev–Trinajstić information content (AvgIpc) is 2.79. The first-order valence-electron chi connectivity index (χ1n) is 6.11. The summed E-state index contributed by atoms with van der Waals surface area (Å²) in [5.74, 6) is 0.365. The van der Waals surface area contributed by atoms with E-state index in [1.807, 2.05) is 13.8 Å². The van der Waals surface area contributed by atoms with Crippen LogP contribution in [0.4, 0.5) is 0 Å². The SMILES string of the molecule is CC(C)CNC(=O)CN(C)CC(=O)c1ccc[nH]1. The van der Waals surface area contributed by atoms with Crippen LogP contribution in [0.2, 0.25) is 0 Å². The fourth-order valence-corrected chi connectivity index (χ4v) is 1.51. The minimum absolute atomic E-state index is 0.0147. The number of carbonyl (C=O) groups is 2. The third-order valence-electron chi connectivity index (χ3n) is 2.43. The third kappa shape index (κ3) is 5.14. The van der Waals surface area contributed by atoms with E-state index in [4.69, 9.17) is 0 Å². The summed E-state index contributed by atoms with van der Waals surface area (Å²) < 4.78 is 0. The molecule has 18 heavy (non-hydrogen) atoms. The highest BCUT2D eigenvalue weighted by Crippen LogP contribution is 1.97. The topological polar surface area (TPSA) is 65.2 Å². The van der Waals surface area contributed by atoms with Gasteiger partial charge in [-0.25, -0.2) is 0 Å². The fourth-order valence-electron chi connectivity index (χ4n) is 1.51. The van der Waals surface area contributed by atoms with Crippen LogP contribution in [0.1, 0.15) is 24.3 Å². The Morgan fingerprint density at radius 3 is 2.67 bits per heavy atom. The molecule has 0 saturated heterocycles. The fraction of sp³-hybridized carbons (Fsp3) is 0.538. The van der Waals surface area contributed by atoms with Crippen molar-refractivity contribution in [3.8, 4) is 0 Å². The van der Waals surface area contributed by atoms with Crippen LogP contribution in [0, 0.1) is 5.92 Å². The molecule has 0 atom stereocenters. The number of Topliss-reactive ketones (excluding diaryl/α,β-unsaturated/α-hetero) is 1. The number of nitrogens with one attached hydrogen (secondary N) is 2. The van der Waals surface area contributed by atoms with E-state index in [1.54, 1.807) is 30.3 Å². The van der Waals surface area contributed by atoms with Crippen molar-refractivity contribution in [2.24, 2.45) is 5.92 Å². The van der Waals surface area contributed by atoms with E-state index in [0.29, 0.717) is 18.2 Å². The van der Waals surface area contributed by atoms with Crippen molar-refractivity contribution >= 4 is 11.7 Å². The van der Waals surface area contributed by atoms with E-state index in [2.05, 4.69) is 10.3 Å². The lowest BCUT2D eigenvalue weighted by molar-refractivity contribution is -0.121. The van der Waals surface area contributed by atoms with Gasteiger partial charge in [0.25, 0.3) is 0 Å². The summed E-state index contributed by atoms with van der Waals surface area (Å²) in [6, 6.07) is 3.51. The molecule has 1 rings (SSSR count). The number of H-pyrrole nitrogens is 1. The van der Waals surface area contributed by atoms with Gasteiger partial charge in [0, 0.05) is 12.7 Å². The molecule has 5 heteroatoms. The highest BCUT2D eigenvalue weighted by Gasteiger charge is 2.12. The highest BCUT2D eigenvalue weighted by atomic mass is 16.2. The number of ketones is 1. The lowest BCUT2D eigenvalue weighted by Gasteiger charge is -2.15. The van der Waals surface area contributed by atoms with Crippen molar-refractivity contribution in [3.63, 3.8) is 0 Å². The molecule has 0 aliphatic heterocycles. The molecule has 1 amide bonds. The zero-order valence-electron chi connectivity index (χ0n) is 11.2. The normalized spacial score (nSPS) is 10.9. The smallest absolute Gasteiger partial charge is 0.234 e. The van der Waals surface area contributed by atoms with Gasteiger partial charge in [-0.2, -0.15) is 0 Å². The average molecular weight is 251 g/mol. The van der Waals surface area contributed by atoms with Crippen LogP contribution in [0.3, 0.4) is 0 Å². The van der Waals surface area contributed by atoms with Gasteiger partial charge >= 0.3 is 0 Å². The van der Waals surface area contributed by atoms with Gasteiger partial charge in [-0.1, -0.05) is 13.8 Å². The summed E-state index contributed by atoms with van der Waals surface area (Å²) in [7, 11) is 1.76. The van der Waals surface area contributed by atoms with Gasteiger partial charge in [-0.15, -0.1) is 0 Å². The molecule has 0 saturated carbocycles. The second-order valence-corrected chi connectivity index (χ2v) is 4.88. The lowest BCUT2D eigenvalue weighted by Crippen LogP contribution is -2.38. The Hall–Kier alpha value is -1.62. The largest absolute Gasteiger partial charge is 0.359 e. The van der Waals surface area contributed by atoms with Crippen LogP contribution < -0.4 is 5.32 Å². The zero-order chi connectivity index (χ0) is 13.5. The first kappa shape index (κ1) is 14.4. The van der Waals surface area contributed by atoms with Crippen molar-refractivity contribution in [2.45, 2.75) is 13.8 Å². The molecular formula is C13H21N3O2. The second kappa shape index (κ2) is 6.96. The standard InChI is InChI=1S/C13H21N3O2/c1-10(2)7-15-13(18)9-16(3)8-12(17)11-5-4-6-14-11/h4-6,10,14H,7-9H2,1-3H3,(H,15,18). The molecule has 1 aromatic rings. The first-order chi connectivity index (χ1) is 8.49. The van der Waals surface area contributed by atoms with Crippen LogP contribution in [0.15, 0.2) is 18.3 Å². The van der Waals surface area contributed by atoms with Gasteiger partial charge < -0.3 is 10.3 Å². The van der Waals surface area contributed by atoms with E-state index in [0.717, 1.165) is 0 Å². The maximum atomic E-state index is 11.8. The molecule has 0 aromatic carbocycles. The van der Waals surface area contributed by atoms with Gasteiger partial charge in [0.2, 0.25) is 5.91 Å². The monoisotopic (exact) mass is 251 g/mol. The third-order valence-corrected chi connectivity index (χ3v) is 2.43. The van der Waals surface area contributed by atoms with Crippen molar-refractivity contribution in [3.05, 3.63) is 24.0 Å². The molecule has 100 valence electrons. The van der Waals surface area contributed by atoms with Crippen LogP contribution in [0.25, 0.3) is 0 Å². The van der Waals surface area contributed by atoms with Crippen molar-refractivity contribution in [2.75, 3.05) is 26.7 Å². The Bertz CT molecular complexity index is 385. The van der Waals surface area contributed by atoms with Crippen LogP contribution in [-0.2, 0) is 4.79 Å². The van der Waals surface area contributed by atoms with Crippen molar-refractivity contribution in [1.82, 2.24) is 15.2 Å². The van der Waals surface area contributed by atoms with Gasteiger partial charge in [-0.05, 0) is 25.1 Å². The molecule has 0 aliphatic rings. The van der Waals surface area contributed by atoms with Crippen molar-refractivity contribution in [1.29, 1.82) is 0 Å². The van der Waals surface area contributed by atoms with Crippen LogP contribution in [-0.4, -0.2) is 48.3 Å². The minimum Gasteiger partial charge on any atom is -0.359 e. The number of rotatable bonds is 7. The number of amides is 1. The number of nitrogens with zero attached hydrogens (tertiary/aromatic N) is 1. The predicted octanol–water partition coefficient (Wildman–Crippen LogP) is 0.901. The number of likely N-dealkylation sites (N-methyl/N-ethyl adjacent to an activating group) is 1. The summed E-state index contributed by atoms with van der Waals surface area (Å²) in [5.41, 5.74) is 0.574. The maximum Gasteiger partial charge on any atom is 0.234 e. The van der Waals surface area contributed by atoms with Gasteiger partial charge in [-0.3, -0.25) is 14.5 Å². The number of aromatic nitrogens is 1. The van der Waals surface area contributed by atoms with E-state index in [1.165, 1.54) is 0 Å². The summed E-state index contributed by atoms with van der Waals surface area (Å²) in [4.78, 5) is 27.9. The minimum atomic E-state index is -0.0505. The zero-order valence-corrected chi connectivity index (χ0v) is 11.2. The Balaban J connectivity index is 2.31. The molecule has 0 aliphatic carbocycles. The Morgan fingerprint density at radius 1 is 1.39 bits per heavy atom. The molecule has 2 N–H and O–H groups in total. The number of hydrogen-bond acceptors (Lipinski definition) is 3. The highest BCUT2D eigenvalue weighted by molar-refractivity contribution is 5.96. The van der Waals surface area contributed by atoms with E-state index >= 15 is 0 Å². The quantitative estimate of drug-likeness (QED) is 0.708. The number of aromatic amines is 1. The molecule has 0 unspecified atom stereocenters. The number of carbonyl (C=O) groups excluding carboxylic acids is 2. The van der Waals surface area contributed by atoms with Gasteiger partial charge in [0.15, 0.2) is 5.78 Å². The molecule has 0 radical (unpaired) electrons. The second-order valence-electron chi connectivity index (χ2n) is 4.88. The molecule has 0 spiro atoms. The first-order valence-corrected chi connectivity index (χ1v) is 6.11. The predicted molar refractivity (Wildman–Crippen MR) is 70.5 cm³/mol.